The zero-order valence-corrected chi connectivity index (χ0v) is 17.7. The molecular formula is C19H37N5O3. The van der Waals surface area contributed by atoms with Crippen molar-refractivity contribution in [3.8, 4) is 0 Å². The first-order valence-corrected chi connectivity index (χ1v) is 9.93. The maximum atomic E-state index is 12.0. The SMILES string of the molecule is CCCC(CN=C(NCC)NC1CCC(=O)N(C)C1)NC(=O)OC(C)(C)C. The number of carbonyl (C=O) groups excluding carboxylic acids is 2. The second-order valence-corrected chi connectivity index (χ2v) is 8.01. The van der Waals surface area contributed by atoms with Crippen LogP contribution in [0.4, 0.5) is 4.79 Å². The van der Waals surface area contributed by atoms with Crippen LogP contribution in [0.2, 0.25) is 0 Å². The molecule has 1 fully saturated rings. The van der Waals surface area contributed by atoms with Gasteiger partial charge in [0.15, 0.2) is 5.96 Å². The topological polar surface area (TPSA) is 95.1 Å². The molecule has 0 bridgehead atoms. The molecule has 1 rings (SSSR count). The minimum Gasteiger partial charge on any atom is -0.444 e. The number of ether oxygens (including phenoxy) is 1. The van der Waals surface area contributed by atoms with Gasteiger partial charge in [-0.2, -0.15) is 0 Å². The van der Waals surface area contributed by atoms with Gasteiger partial charge in [-0.25, -0.2) is 4.79 Å². The number of alkyl carbamates (subject to hydrolysis) is 1. The van der Waals surface area contributed by atoms with Gasteiger partial charge in [-0.1, -0.05) is 13.3 Å². The normalized spacial score (nSPS) is 19.5. The van der Waals surface area contributed by atoms with Crippen molar-refractivity contribution >= 4 is 18.0 Å². The van der Waals surface area contributed by atoms with Gasteiger partial charge in [0, 0.05) is 32.6 Å². The predicted octanol–water partition coefficient (Wildman–Crippen LogP) is 1.86. The minimum absolute atomic E-state index is 0.0871. The van der Waals surface area contributed by atoms with Crippen LogP contribution in [0.5, 0.6) is 0 Å². The summed E-state index contributed by atoms with van der Waals surface area (Å²) in [7, 11) is 1.82. The molecule has 8 heteroatoms. The van der Waals surface area contributed by atoms with E-state index in [1.165, 1.54) is 0 Å². The standard InChI is InChI=1S/C19H37N5O3/c1-7-9-14(23-18(26)27-19(3,4)5)12-21-17(20-8-2)22-15-10-11-16(25)24(6)13-15/h14-15H,7-13H2,1-6H3,(H,23,26)(H2,20,21,22). The molecular weight excluding hydrogens is 346 g/mol. The Balaban J connectivity index is 2.65. The number of nitrogens with zero attached hydrogens (tertiary/aromatic N) is 2. The fourth-order valence-corrected chi connectivity index (χ4v) is 2.88. The number of likely N-dealkylation sites (N-methyl/N-ethyl adjacent to an activating group) is 1. The molecule has 0 saturated carbocycles. The third kappa shape index (κ3) is 9.49. The summed E-state index contributed by atoms with van der Waals surface area (Å²) in [6, 6.07) is 0.0878. The average molecular weight is 384 g/mol. The van der Waals surface area contributed by atoms with Crippen LogP contribution < -0.4 is 16.0 Å². The minimum atomic E-state index is -0.523. The van der Waals surface area contributed by atoms with Crippen molar-refractivity contribution in [3.63, 3.8) is 0 Å². The first-order chi connectivity index (χ1) is 12.6. The van der Waals surface area contributed by atoms with E-state index in [0.717, 1.165) is 25.8 Å². The van der Waals surface area contributed by atoms with Crippen LogP contribution in [-0.4, -0.2) is 67.2 Å². The number of hydrogen-bond acceptors (Lipinski definition) is 4. The van der Waals surface area contributed by atoms with Gasteiger partial charge in [0.25, 0.3) is 0 Å². The third-order valence-corrected chi connectivity index (χ3v) is 4.14. The molecule has 1 aliphatic heterocycles. The summed E-state index contributed by atoms with van der Waals surface area (Å²) in [4.78, 5) is 30.1. The van der Waals surface area contributed by atoms with Crippen molar-refractivity contribution in [1.82, 2.24) is 20.9 Å². The molecule has 3 N–H and O–H groups in total. The molecule has 0 aromatic carbocycles. The van der Waals surface area contributed by atoms with Crippen LogP contribution in [0.1, 0.15) is 60.3 Å². The average Bonchev–Trinajstić information content (AvgIpc) is 2.54. The molecule has 1 heterocycles. The van der Waals surface area contributed by atoms with E-state index in [9.17, 15) is 9.59 Å². The smallest absolute Gasteiger partial charge is 0.407 e. The van der Waals surface area contributed by atoms with Crippen molar-refractivity contribution in [2.24, 2.45) is 4.99 Å². The number of piperidine rings is 1. The zero-order chi connectivity index (χ0) is 20.4. The Morgan fingerprint density at radius 1 is 1.37 bits per heavy atom. The van der Waals surface area contributed by atoms with Gasteiger partial charge in [-0.15, -0.1) is 0 Å². The predicted molar refractivity (Wildman–Crippen MR) is 108 cm³/mol. The van der Waals surface area contributed by atoms with E-state index in [1.54, 1.807) is 4.90 Å². The molecule has 0 aromatic heterocycles. The Bertz CT molecular complexity index is 516. The Labute approximate surface area is 163 Å². The highest BCUT2D eigenvalue weighted by molar-refractivity contribution is 5.81. The summed E-state index contributed by atoms with van der Waals surface area (Å²) in [6.45, 7) is 11.5. The van der Waals surface area contributed by atoms with Crippen molar-refractivity contribution in [2.45, 2.75) is 78.0 Å². The van der Waals surface area contributed by atoms with Crippen LogP contribution in [0, 0.1) is 0 Å². The molecule has 8 nitrogen and oxygen atoms in total. The van der Waals surface area contributed by atoms with E-state index in [2.05, 4.69) is 27.9 Å². The zero-order valence-electron chi connectivity index (χ0n) is 17.7. The van der Waals surface area contributed by atoms with Crippen LogP contribution in [-0.2, 0) is 9.53 Å². The summed E-state index contributed by atoms with van der Waals surface area (Å²) in [6.07, 6.45) is 2.69. The number of nitrogens with one attached hydrogen (secondary N) is 3. The van der Waals surface area contributed by atoms with Crippen LogP contribution in [0.3, 0.4) is 0 Å². The maximum absolute atomic E-state index is 12.0. The van der Waals surface area contributed by atoms with Gasteiger partial charge >= 0.3 is 6.09 Å². The Morgan fingerprint density at radius 3 is 2.63 bits per heavy atom. The van der Waals surface area contributed by atoms with E-state index >= 15 is 0 Å². The van der Waals surface area contributed by atoms with E-state index in [1.807, 2.05) is 34.7 Å². The number of rotatable bonds is 7. The largest absolute Gasteiger partial charge is 0.444 e. The van der Waals surface area contributed by atoms with E-state index in [0.29, 0.717) is 25.5 Å². The molecule has 0 aliphatic carbocycles. The fourth-order valence-electron chi connectivity index (χ4n) is 2.88. The lowest BCUT2D eigenvalue weighted by Crippen LogP contribution is -2.52. The summed E-state index contributed by atoms with van der Waals surface area (Å²) < 4.78 is 5.34. The number of aliphatic imine (C=N–C) groups is 1. The van der Waals surface area contributed by atoms with Crippen LogP contribution in [0.25, 0.3) is 0 Å². The maximum Gasteiger partial charge on any atom is 0.407 e. The number of likely N-dealkylation sites (tertiary alicyclic amines) is 1. The number of guanidine groups is 1. The summed E-state index contributed by atoms with van der Waals surface area (Å²) >= 11 is 0. The van der Waals surface area contributed by atoms with Gasteiger partial charge in [0.2, 0.25) is 5.91 Å². The molecule has 1 saturated heterocycles. The van der Waals surface area contributed by atoms with Gasteiger partial charge < -0.3 is 25.6 Å². The lowest BCUT2D eigenvalue weighted by molar-refractivity contribution is -0.132. The molecule has 0 radical (unpaired) electrons. The van der Waals surface area contributed by atoms with Crippen molar-refractivity contribution < 1.29 is 14.3 Å². The van der Waals surface area contributed by atoms with Crippen molar-refractivity contribution in [2.75, 3.05) is 26.7 Å². The van der Waals surface area contributed by atoms with E-state index in [-0.39, 0.29) is 18.0 Å². The summed E-state index contributed by atoms with van der Waals surface area (Å²) in [5.74, 6) is 0.886. The Hall–Kier alpha value is -1.99. The highest BCUT2D eigenvalue weighted by atomic mass is 16.6. The lowest BCUT2D eigenvalue weighted by Gasteiger charge is -2.31. The second-order valence-electron chi connectivity index (χ2n) is 8.01. The molecule has 2 unspecified atom stereocenters. The first kappa shape index (κ1) is 23.0. The van der Waals surface area contributed by atoms with Gasteiger partial charge in [-0.3, -0.25) is 9.79 Å². The van der Waals surface area contributed by atoms with Crippen molar-refractivity contribution in [1.29, 1.82) is 0 Å². The lowest BCUT2D eigenvalue weighted by atomic mass is 10.1. The Morgan fingerprint density at radius 2 is 2.07 bits per heavy atom. The van der Waals surface area contributed by atoms with E-state index in [4.69, 9.17) is 4.74 Å². The fraction of sp³-hybridized carbons (Fsp3) is 0.842. The summed E-state index contributed by atoms with van der Waals surface area (Å²) in [5.41, 5.74) is -0.523. The second kappa shape index (κ2) is 11.0. The third-order valence-electron chi connectivity index (χ3n) is 4.14. The van der Waals surface area contributed by atoms with Gasteiger partial charge in [0.05, 0.1) is 12.6 Å². The summed E-state index contributed by atoms with van der Waals surface area (Å²) in [5, 5.41) is 9.55. The molecule has 1 aliphatic rings. The molecule has 156 valence electrons. The molecule has 0 aromatic rings. The highest BCUT2D eigenvalue weighted by Crippen LogP contribution is 2.10. The molecule has 27 heavy (non-hydrogen) atoms. The van der Waals surface area contributed by atoms with Crippen LogP contribution >= 0.6 is 0 Å². The number of hydrogen-bond donors (Lipinski definition) is 3. The van der Waals surface area contributed by atoms with Crippen molar-refractivity contribution in [3.05, 3.63) is 0 Å². The first-order valence-electron chi connectivity index (χ1n) is 9.93. The van der Waals surface area contributed by atoms with Gasteiger partial charge in [0.1, 0.15) is 5.60 Å². The molecule has 2 atom stereocenters. The van der Waals surface area contributed by atoms with E-state index < -0.39 is 11.7 Å². The number of amides is 2. The van der Waals surface area contributed by atoms with Gasteiger partial charge in [-0.05, 0) is 40.5 Å². The Kier molecular flexibility index (Phi) is 9.38. The number of carbonyl (C=O) groups is 2. The quantitative estimate of drug-likeness (QED) is 0.461. The molecule has 2 amide bonds. The molecule has 0 spiro atoms. The van der Waals surface area contributed by atoms with Crippen LogP contribution in [0.15, 0.2) is 4.99 Å². The monoisotopic (exact) mass is 383 g/mol. The highest BCUT2D eigenvalue weighted by Gasteiger charge is 2.24.